The van der Waals surface area contributed by atoms with Gasteiger partial charge in [0.15, 0.2) is 5.96 Å². The van der Waals surface area contributed by atoms with Crippen molar-refractivity contribution in [2.24, 2.45) is 4.99 Å². The van der Waals surface area contributed by atoms with Crippen LogP contribution in [0.15, 0.2) is 35.3 Å². The number of nitrogens with zero attached hydrogens (tertiary/aromatic N) is 2. The van der Waals surface area contributed by atoms with Gasteiger partial charge in [-0.3, -0.25) is 4.99 Å². The molecule has 0 saturated carbocycles. The summed E-state index contributed by atoms with van der Waals surface area (Å²) in [4.78, 5) is 18.5. The highest BCUT2D eigenvalue weighted by molar-refractivity contribution is 5.80. The van der Waals surface area contributed by atoms with Crippen molar-refractivity contribution in [2.45, 2.75) is 58.1 Å². The van der Waals surface area contributed by atoms with Gasteiger partial charge in [-0.1, -0.05) is 30.3 Å². The van der Waals surface area contributed by atoms with E-state index in [0.29, 0.717) is 0 Å². The van der Waals surface area contributed by atoms with Gasteiger partial charge in [0.1, 0.15) is 5.60 Å². The van der Waals surface area contributed by atoms with Crippen LogP contribution in [0.25, 0.3) is 0 Å². The van der Waals surface area contributed by atoms with E-state index < -0.39 is 5.60 Å². The summed E-state index contributed by atoms with van der Waals surface area (Å²) in [6, 6.07) is 10.5. The Bertz CT molecular complexity index is 658. The van der Waals surface area contributed by atoms with E-state index in [1.807, 2.05) is 26.8 Å². The summed E-state index contributed by atoms with van der Waals surface area (Å²) in [7, 11) is 1.80. The van der Waals surface area contributed by atoms with E-state index in [2.05, 4.69) is 44.8 Å². The van der Waals surface area contributed by atoms with Crippen LogP contribution in [0.5, 0.6) is 0 Å². The lowest BCUT2D eigenvalue weighted by Gasteiger charge is -2.23. The van der Waals surface area contributed by atoms with Gasteiger partial charge in [0.2, 0.25) is 0 Å². The Balaban J connectivity index is 1.55. The number of guanidine groups is 1. The SMILES string of the molecule is CN=C(NCCCCOCCc1ccccc1)N1CCC(NC(=O)OC(C)(C)C)C1. The Morgan fingerprint density at radius 2 is 1.97 bits per heavy atom. The molecule has 1 aliphatic heterocycles. The predicted molar refractivity (Wildman–Crippen MR) is 121 cm³/mol. The van der Waals surface area contributed by atoms with Gasteiger partial charge >= 0.3 is 6.09 Å². The number of carbonyl (C=O) groups excluding carboxylic acids is 1. The number of rotatable bonds is 9. The largest absolute Gasteiger partial charge is 0.444 e. The minimum atomic E-state index is -0.481. The number of nitrogens with one attached hydrogen (secondary N) is 2. The Labute approximate surface area is 181 Å². The zero-order chi connectivity index (χ0) is 21.8. The smallest absolute Gasteiger partial charge is 0.407 e. The molecule has 1 aromatic carbocycles. The Kier molecular flexibility index (Phi) is 9.94. The first kappa shape index (κ1) is 24.0. The summed E-state index contributed by atoms with van der Waals surface area (Å²) in [5.41, 5.74) is 0.832. The molecule has 0 radical (unpaired) electrons. The van der Waals surface area contributed by atoms with E-state index in [-0.39, 0.29) is 12.1 Å². The third kappa shape index (κ3) is 9.48. The minimum absolute atomic E-state index is 0.0800. The topological polar surface area (TPSA) is 75.2 Å². The lowest BCUT2D eigenvalue weighted by molar-refractivity contribution is 0.0507. The molecule has 2 N–H and O–H groups in total. The van der Waals surface area contributed by atoms with Crippen molar-refractivity contribution in [3.05, 3.63) is 35.9 Å². The quantitative estimate of drug-likeness (QED) is 0.366. The van der Waals surface area contributed by atoms with Gasteiger partial charge in [-0.15, -0.1) is 0 Å². The van der Waals surface area contributed by atoms with E-state index in [4.69, 9.17) is 9.47 Å². The van der Waals surface area contributed by atoms with Gasteiger partial charge in [-0.05, 0) is 52.0 Å². The van der Waals surface area contributed by atoms with Crippen LogP contribution in [0.3, 0.4) is 0 Å². The number of likely N-dealkylation sites (tertiary alicyclic amines) is 1. The summed E-state index contributed by atoms with van der Waals surface area (Å²) in [5.74, 6) is 0.883. The second-order valence-electron chi connectivity index (χ2n) is 8.61. The highest BCUT2D eigenvalue weighted by Crippen LogP contribution is 2.12. The maximum atomic E-state index is 12.0. The summed E-state index contributed by atoms with van der Waals surface area (Å²) >= 11 is 0. The van der Waals surface area contributed by atoms with E-state index in [1.165, 1.54) is 5.56 Å². The molecule has 0 aliphatic carbocycles. The number of carbonyl (C=O) groups is 1. The molecule has 1 saturated heterocycles. The van der Waals surface area contributed by atoms with Crippen molar-refractivity contribution in [3.8, 4) is 0 Å². The lowest BCUT2D eigenvalue weighted by Crippen LogP contribution is -2.44. The van der Waals surface area contributed by atoms with Crippen molar-refractivity contribution < 1.29 is 14.3 Å². The number of benzene rings is 1. The summed E-state index contributed by atoms with van der Waals surface area (Å²) < 4.78 is 11.1. The van der Waals surface area contributed by atoms with Crippen LogP contribution >= 0.6 is 0 Å². The first-order valence-corrected chi connectivity index (χ1v) is 10.9. The Morgan fingerprint density at radius 3 is 2.67 bits per heavy atom. The van der Waals surface area contributed by atoms with Gasteiger partial charge in [-0.25, -0.2) is 4.79 Å². The number of aliphatic imine (C=N–C) groups is 1. The number of unbranched alkanes of at least 4 members (excludes halogenated alkanes) is 1. The normalized spacial score (nSPS) is 17.1. The summed E-state index contributed by atoms with van der Waals surface area (Å²) in [6.07, 6.45) is 3.53. The zero-order valence-corrected chi connectivity index (χ0v) is 18.9. The van der Waals surface area contributed by atoms with Crippen LogP contribution < -0.4 is 10.6 Å². The van der Waals surface area contributed by atoms with Gasteiger partial charge in [-0.2, -0.15) is 0 Å². The number of hydrogen-bond donors (Lipinski definition) is 2. The molecule has 1 aliphatic rings. The molecule has 168 valence electrons. The first-order valence-electron chi connectivity index (χ1n) is 10.9. The lowest BCUT2D eigenvalue weighted by atomic mass is 10.2. The van der Waals surface area contributed by atoms with Crippen LogP contribution in [-0.2, 0) is 15.9 Å². The Morgan fingerprint density at radius 1 is 1.20 bits per heavy atom. The van der Waals surface area contributed by atoms with Gasteiger partial charge in [0, 0.05) is 33.3 Å². The molecule has 2 rings (SSSR count). The molecule has 1 amide bonds. The van der Waals surface area contributed by atoms with Gasteiger partial charge in [0.25, 0.3) is 0 Å². The van der Waals surface area contributed by atoms with Crippen molar-refractivity contribution in [2.75, 3.05) is 39.9 Å². The number of ether oxygens (including phenoxy) is 2. The van der Waals surface area contributed by atoms with Crippen molar-refractivity contribution >= 4 is 12.1 Å². The maximum Gasteiger partial charge on any atom is 0.407 e. The van der Waals surface area contributed by atoms with Crippen molar-refractivity contribution in [1.82, 2.24) is 15.5 Å². The van der Waals surface area contributed by atoms with Crippen molar-refractivity contribution in [3.63, 3.8) is 0 Å². The van der Waals surface area contributed by atoms with Gasteiger partial charge < -0.3 is 25.0 Å². The van der Waals surface area contributed by atoms with Crippen LogP contribution in [0.4, 0.5) is 4.79 Å². The standard InChI is InChI=1S/C23H38N4O3/c1-23(2,3)30-22(28)26-20-12-15-27(18-20)21(24-4)25-14-8-9-16-29-17-13-19-10-6-5-7-11-19/h5-7,10-11,20H,8-9,12-18H2,1-4H3,(H,24,25)(H,26,28). The fourth-order valence-corrected chi connectivity index (χ4v) is 3.34. The number of hydrogen-bond acceptors (Lipinski definition) is 4. The molecule has 7 heteroatoms. The molecule has 0 aromatic heterocycles. The van der Waals surface area contributed by atoms with Crippen molar-refractivity contribution in [1.29, 1.82) is 0 Å². The molecule has 30 heavy (non-hydrogen) atoms. The monoisotopic (exact) mass is 418 g/mol. The van der Waals surface area contributed by atoms with Gasteiger partial charge in [0.05, 0.1) is 12.6 Å². The Hall–Kier alpha value is -2.28. The first-order chi connectivity index (χ1) is 14.4. The summed E-state index contributed by atoms with van der Waals surface area (Å²) in [6.45, 7) is 9.60. The minimum Gasteiger partial charge on any atom is -0.444 e. The van der Waals surface area contributed by atoms with Crippen LogP contribution in [0.2, 0.25) is 0 Å². The number of amides is 1. The molecular weight excluding hydrogens is 380 g/mol. The second kappa shape index (κ2) is 12.4. The summed E-state index contributed by atoms with van der Waals surface area (Å²) in [5, 5.41) is 6.37. The van der Waals surface area contributed by atoms with Crippen LogP contribution in [0.1, 0.15) is 45.6 Å². The molecule has 1 aromatic rings. The molecule has 1 heterocycles. The maximum absolute atomic E-state index is 12.0. The van der Waals surface area contributed by atoms with E-state index >= 15 is 0 Å². The van der Waals surface area contributed by atoms with Crippen LogP contribution in [-0.4, -0.2) is 68.5 Å². The second-order valence-corrected chi connectivity index (χ2v) is 8.61. The predicted octanol–water partition coefficient (Wildman–Crippen LogP) is 3.20. The third-order valence-electron chi connectivity index (χ3n) is 4.80. The third-order valence-corrected chi connectivity index (χ3v) is 4.80. The molecular formula is C23H38N4O3. The molecule has 1 unspecified atom stereocenters. The molecule has 0 spiro atoms. The van der Waals surface area contributed by atoms with Crippen LogP contribution in [0, 0.1) is 0 Å². The highest BCUT2D eigenvalue weighted by atomic mass is 16.6. The average molecular weight is 419 g/mol. The van der Waals surface area contributed by atoms with E-state index in [9.17, 15) is 4.79 Å². The molecule has 1 fully saturated rings. The van der Waals surface area contributed by atoms with E-state index in [0.717, 1.165) is 64.5 Å². The molecule has 1 atom stereocenters. The fourth-order valence-electron chi connectivity index (χ4n) is 3.34. The average Bonchev–Trinajstić information content (AvgIpc) is 3.14. The van der Waals surface area contributed by atoms with E-state index in [1.54, 1.807) is 7.05 Å². The highest BCUT2D eigenvalue weighted by Gasteiger charge is 2.27. The zero-order valence-electron chi connectivity index (χ0n) is 18.9. The fraction of sp³-hybridized carbons (Fsp3) is 0.652. The molecule has 0 bridgehead atoms. The molecule has 7 nitrogen and oxygen atoms in total. The number of alkyl carbamates (subject to hydrolysis) is 1.